The maximum Gasteiger partial charge on any atom is 0.271 e. The van der Waals surface area contributed by atoms with Crippen molar-refractivity contribution in [2.75, 3.05) is 6.61 Å². The smallest absolute Gasteiger partial charge is 0.271 e. The van der Waals surface area contributed by atoms with Crippen molar-refractivity contribution in [3.8, 4) is 5.75 Å². The molecule has 2 aromatic rings. The van der Waals surface area contributed by atoms with Crippen LogP contribution >= 0.6 is 31.9 Å². The summed E-state index contributed by atoms with van der Waals surface area (Å²) in [6.45, 7) is 4.51. The molecule has 0 heterocycles. The Kier molecular flexibility index (Phi) is 6.36. The second-order valence-electron chi connectivity index (χ2n) is 4.77. The van der Waals surface area contributed by atoms with Gasteiger partial charge in [-0.15, -0.1) is 0 Å². The van der Waals surface area contributed by atoms with E-state index in [-0.39, 0.29) is 5.91 Å². The highest BCUT2D eigenvalue weighted by atomic mass is 79.9. The number of carbonyl (C=O) groups excluding carboxylic acids is 1. The van der Waals surface area contributed by atoms with Gasteiger partial charge >= 0.3 is 0 Å². The number of nitrogens with zero attached hydrogens (tertiary/aromatic N) is 1. The van der Waals surface area contributed by atoms with Crippen molar-refractivity contribution in [1.29, 1.82) is 0 Å². The monoisotopic (exact) mass is 438 g/mol. The normalized spacial score (nSPS) is 10.8. The van der Waals surface area contributed by atoms with Gasteiger partial charge in [-0.05, 0) is 61.4 Å². The molecule has 1 N–H and O–H groups in total. The fourth-order valence-electron chi connectivity index (χ4n) is 1.84. The number of nitrogens with one attached hydrogen (secondary N) is 1. The van der Waals surface area contributed by atoms with Crippen LogP contribution in [0.2, 0.25) is 0 Å². The molecule has 0 aliphatic heterocycles. The largest absolute Gasteiger partial charge is 0.494 e. The summed E-state index contributed by atoms with van der Waals surface area (Å²) >= 11 is 6.97. The number of ether oxygens (including phenoxy) is 1. The Bertz CT molecular complexity index is 705. The lowest BCUT2D eigenvalue weighted by molar-refractivity contribution is 0.0955. The summed E-state index contributed by atoms with van der Waals surface area (Å²) in [5.41, 5.74) is 5.02. The van der Waals surface area contributed by atoms with Gasteiger partial charge < -0.3 is 4.74 Å². The first kappa shape index (κ1) is 17.7. The molecule has 2 aromatic carbocycles. The maximum absolute atomic E-state index is 12.0. The summed E-state index contributed by atoms with van der Waals surface area (Å²) in [5.74, 6) is 0.469. The van der Waals surface area contributed by atoms with Crippen LogP contribution < -0.4 is 10.2 Å². The predicted octanol–water partition coefficient (Wildman–Crippen LogP) is 4.68. The Morgan fingerprint density at radius 1 is 1.22 bits per heavy atom. The van der Waals surface area contributed by atoms with E-state index < -0.39 is 0 Å². The van der Waals surface area contributed by atoms with Gasteiger partial charge in [0.15, 0.2) is 0 Å². The van der Waals surface area contributed by atoms with Crippen LogP contribution in [0.5, 0.6) is 5.75 Å². The summed E-state index contributed by atoms with van der Waals surface area (Å²) in [7, 11) is 0. The zero-order chi connectivity index (χ0) is 16.8. The predicted molar refractivity (Wildman–Crippen MR) is 99.3 cm³/mol. The molecule has 23 heavy (non-hydrogen) atoms. The molecule has 0 unspecified atom stereocenters. The number of hydrogen-bond donors (Lipinski definition) is 1. The lowest BCUT2D eigenvalue weighted by Gasteiger charge is -2.05. The number of benzene rings is 2. The van der Waals surface area contributed by atoms with Crippen molar-refractivity contribution in [1.82, 2.24) is 5.43 Å². The Hall–Kier alpha value is -1.66. The Labute approximate surface area is 152 Å². The first-order chi connectivity index (χ1) is 11.0. The fraction of sp³-hybridized carbons (Fsp3) is 0.176. The zero-order valence-corrected chi connectivity index (χ0v) is 15.9. The van der Waals surface area contributed by atoms with Crippen molar-refractivity contribution in [2.45, 2.75) is 13.8 Å². The van der Waals surface area contributed by atoms with Gasteiger partial charge in [0.1, 0.15) is 5.75 Å². The third kappa shape index (κ3) is 4.91. The van der Waals surface area contributed by atoms with E-state index >= 15 is 0 Å². The minimum absolute atomic E-state index is 0.269. The highest BCUT2D eigenvalue weighted by Crippen LogP contribution is 2.25. The molecule has 6 heteroatoms. The highest BCUT2D eigenvalue weighted by Gasteiger charge is 2.05. The van der Waals surface area contributed by atoms with E-state index in [1.165, 1.54) is 0 Å². The van der Waals surface area contributed by atoms with Crippen molar-refractivity contribution >= 4 is 44.0 Å². The van der Waals surface area contributed by atoms with E-state index in [2.05, 4.69) is 42.4 Å². The van der Waals surface area contributed by atoms with Crippen LogP contribution in [0.3, 0.4) is 0 Å². The van der Waals surface area contributed by atoms with Gasteiger partial charge in [-0.1, -0.05) is 31.9 Å². The maximum atomic E-state index is 12.0. The van der Waals surface area contributed by atoms with Crippen LogP contribution in [0, 0.1) is 6.92 Å². The molecule has 0 aliphatic rings. The van der Waals surface area contributed by atoms with E-state index in [4.69, 9.17) is 4.74 Å². The molecule has 0 aromatic heterocycles. The van der Waals surface area contributed by atoms with Crippen molar-refractivity contribution in [3.05, 3.63) is 62.0 Å². The average Bonchev–Trinajstić information content (AvgIpc) is 2.53. The zero-order valence-electron chi connectivity index (χ0n) is 12.8. The molecule has 0 radical (unpaired) electrons. The lowest BCUT2D eigenvalue weighted by atomic mass is 10.2. The molecule has 0 bridgehead atoms. The van der Waals surface area contributed by atoms with Crippen LogP contribution in [0.1, 0.15) is 28.4 Å². The number of hydrazone groups is 1. The van der Waals surface area contributed by atoms with Gasteiger partial charge in [-0.2, -0.15) is 5.10 Å². The number of rotatable bonds is 5. The third-order valence-electron chi connectivity index (χ3n) is 3.11. The van der Waals surface area contributed by atoms with Crippen LogP contribution in [0.4, 0.5) is 0 Å². The highest BCUT2D eigenvalue weighted by molar-refractivity contribution is 9.11. The van der Waals surface area contributed by atoms with Gasteiger partial charge in [0, 0.05) is 14.5 Å². The molecule has 1 amide bonds. The second-order valence-corrected chi connectivity index (χ2v) is 6.47. The van der Waals surface area contributed by atoms with Gasteiger partial charge in [-0.25, -0.2) is 5.43 Å². The van der Waals surface area contributed by atoms with Crippen LogP contribution in [0.25, 0.3) is 0 Å². The molecule has 0 spiro atoms. The molecule has 4 nitrogen and oxygen atoms in total. The average molecular weight is 440 g/mol. The van der Waals surface area contributed by atoms with E-state index in [9.17, 15) is 4.79 Å². The molecule has 0 aliphatic carbocycles. The number of carbonyl (C=O) groups is 1. The van der Waals surface area contributed by atoms with Crippen LogP contribution in [-0.4, -0.2) is 18.7 Å². The molecule has 120 valence electrons. The quantitative estimate of drug-likeness (QED) is 0.543. The molecule has 2 rings (SSSR count). The number of amides is 1. The van der Waals surface area contributed by atoms with Gasteiger partial charge in [-0.3, -0.25) is 4.79 Å². The number of hydrogen-bond acceptors (Lipinski definition) is 3. The Balaban J connectivity index is 2.01. The standard InChI is InChI=1S/C17H16Br2N2O2/c1-3-23-14-6-4-13(5-7-14)17(22)21-20-10-12-8-15(18)11(2)16(19)9-12/h4-10H,3H2,1-2H3,(H,21,22)/b20-10+. The minimum atomic E-state index is -0.269. The Morgan fingerprint density at radius 3 is 2.39 bits per heavy atom. The molecular formula is C17H16Br2N2O2. The Morgan fingerprint density at radius 2 is 1.83 bits per heavy atom. The van der Waals surface area contributed by atoms with Crippen LogP contribution in [0.15, 0.2) is 50.4 Å². The molecule has 0 saturated carbocycles. The summed E-state index contributed by atoms with van der Waals surface area (Å²) < 4.78 is 7.30. The van der Waals surface area contributed by atoms with Gasteiger partial charge in [0.05, 0.1) is 12.8 Å². The van der Waals surface area contributed by atoms with E-state index in [1.807, 2.05) is 26.0 Å². The van der Waals surface area contributed by atoms with Crippen molar-refractivity contribution in [3.63, 3.8) is 0 Å². The summed E-state index contributed by atoms with van der Waals surface area (Å²) in [6.07, 6.45) is 1.60. The van der Waals surface area contributed by atoms with E-state index in [0.717, 1.165) is 25.8 Å². The first-order valence-corrected chi connectivity index (χ1v) is 8.61. The SMILES string of the molecule is CCOc1ccc(C(=O)N/N=C/c2cc(Br)c(C)c(Br)c2)cc1. The summed E-state index contributed by atoms with van der Waals surface area (Å²) in [6, 6.07) is 10.8. The van der Waals surface area contributed by atoms with Crippen molar-refractivity contribution < 1.29 is 9.53 Å². The van der Waals surface area contributed by atoms with Crippen molar-refractivity contribution in [2.24, 2.45) is 5.10 Å². The van der Waals surface area contributed by atoms with E-state index in [0.29, 0.717) is 12.2 Å². The number of halogens is 2. The van der Waals surface area contributed by atoms with Gasteiger partial charge in [0.25, 0.3) is 5.91 Å². The summed E-state index contributed by atoms with van der Waals surface area (Å²) in [5, 5.41) is 3.99. The summed E-state index contributed by atoms with van der Waals surface area (Å²) in [4.78, 5) is 12.0. The van der Waals surface area contributed by atoms with Gasteiger partial charge in [0.2, 0.25) is 0 Å². The first-order valence-electron chi connectivity index (χ1n) is 7.03. The van der Waals surface area contributed by atoms with Crippen LogP contribution in [-0.2, 0) is 0 Å². The lowest BCUT2D eigenvalue weighted by Crippen LogP contribution is -2.17. The fourth-order valence-corrected chi connectivity index (χ4v) is 3.06. The second kappa shape index (κ2) is 8.26. The third-order valence-corrected chi connectivity index (χ3v) is 4.76. The molecule has 0 fully saturated rings. The molecule has 0 saturated heterocycles. The van der Waals surface area contributed by atoms with E-state index in [1.54, 1.807) is 30.5 Å². The minimum Gasteiger partial charge on any atom is -0.494 e. The molecular weight excluding hydrogens is 424 g/mol. The topological polar surface area (TPSA) is 50.7 Å². The molecule has 0 atom stereocenters.